The molecule has 2 rings (SSSR count). The highest BCUT2D eigenvalue weighted by molar-refractivity contribution is 6.30. The van der Waals surface area contributed by atoms with Gasteiger partial charge in [0.15, 0.2) is 0 Å². The summed E-state index contributed by atoms with van der Waals surface area (Å²) < 4.78 is 22.8. The molecule has 0 aliphatic carbocycles. The van der Waals surface area contributed by atoms with Gasteiger partial charge in [-0.2, -0.15) is 0 Å². The average molecular weight is 257 g/mol. The van der Waals surface area contributed by atoms with E-state index >= 15 is 0 Å². The fourth-order valence-electron chi connectivity index (χ4n) is 1.16. The summed E-state index contributed by atoms with van der Waals surface area (Å²) in [4.78, 5) is 11.1. The number of esters is 1. The van der Waals surface area contributed by atoms with Crippen LogP contribution in [0, 0.1) is 5.82 Å². The first-order chi connectivity index (χ1) is 8.11. The van der Waals surface area contributed by atoms with Crippen LogP contribution in [0.3, 0.4) is 0 Å². The van der Waals surface area contributed by atoms with Crippen molar-refractivity contribution in [1.82, 2.24) is 10.2 Å². The number of carbonyl (C=O) groups is 1. The molecule has 17 heavy (non-hydrogen) atoms. The maximum atomic E-state index is 13.5. The van der Waals surface area contributed by atoms with Gasteiger partial charge >= 0.3 is 11.9 Å². The number of aromatic nitrogens is 2. The van der Waals surface area contributed by atoms with Crippen molar-refractivity contribution in [3.8, 4) is 11.5 Å². The van der Waals surface area contributed by atoms with Crippen molar-refractivity contribution in [3.05, 3.63) is 34.9 Å². The molecule has 1 heterocycles. The summed E-state index contributed by atoms with van der Waals surface area (Å²) in [6.45, 7) is 0. The van der Waals surface area contributed by atoms with Crippen LogP contribution in [0.5, 0.6) is 0 Å². The molecule has 1 aromatic heterocycles. The number of carbonyl (C=O) groups excluding carboxylic acids is 1. The van der Waals surface area contributed by atoms with Crippen LogP contribution in [0.4, 0.5) is 4.39 Å². The maximum absolute atomic E-state index is 13.5. The van der Waals surface area contributed by atoms with Crippen molar-refractivity contribution in [2.75, 3.05) is 7.11 Å². The van der Waals surface area contributed by atoms with Gasteiger partial charge in [0, 0.05) is 5.02 Å². The lowest BCUT2D eigenvalue weighted by molar-refractivity contribution is 0.0556. The Morgan fingerprint density at radius 3 is 2.88 bits per heavy atom. The predicted octanol–water partition coefficient (Wildman–Crippen LogP) is 2.32. The first-order valence-electron chi connectivity index (χ1n) is 4.49. The number of nitrogens with zero attached hydrogens (tertiary/aromatic N) is 2. The monoisotopic (exact) mass is 256 g/mol. The van der Waals surface area contributed by atoms with E-state index in [1.165, 1.54) is 19.2 Å². The molecule has 0 bridgehead atoms. The number of hydrogen-bond donors (Lipinski definition) is 0. The molecular formula is C10H6ClFN2O3. The summed E-state index contributed by atoms with van der Waals surface area (Å²) in [7, 11) is 1.18. The molecule has 0 N–H and O–H groups in total. The Labute approximate surface area is 100 Å². The highest BCUT2D eigenvalue weighted by Gasteiger charge is 2.18. The summed E-state index contributed by atoms with van der Waals surface area (Å²) in [5.41, 5.74) is 0.0667. The Kier molecular flexibility index (Phi) is 3.06. The van der Waals surface area contributed by atoms with E-state index in [-0.39, 0.29) is 22.4 Å². The van der Waals surface area contributed by atoms with Crippen LogP contribution in [0.25, 0.3) is 11.5 Å². The van der Waals surface area contributed by atoms with Gasteiger partial charge in [-0.05, 0) is 18.2 Å². The smallest absolute Gasteiger partial charge is 0.396 e. The minimum absolute atomic E-state index is 0.0667. The Morgan fingerprint density at radius 1 is 1.47 bits per heavy atom. The van der Waals surface area contributed by atoms with Gasteiger partial charge in [-0.15, -0.1) is 10.2 Å². The molecule has 0 fully saturated rings. The number of methoxy groups -OCH3 is 1. The predicted molar refractivity (Wildman–Crippen MR) is 56.0 cm³/mol. The van der Waals surface area contributed by atoms with Crippen LogP contribution >= 0.6 is 11.6 Å². The molecule has 0 radical (unpaired) electrons. The Bertz CT molecular complexity index is 570. The number of rotatable bonds is 2. The third kappa shape index (κ3) is 2.26. The van der Waals surface area contributed by atoms with E-state index < -0.39 is 11.8 Å². The van der Waals surface area contributed by atoms with Gasteiger partial charge in [-0.1, -0.05) is 11.6 Å². The van der Waals surface area contributed by atoms with Gasteiger partial charge in [0.05, 0.1) is 12.7 Å². The summed E-state index contributed by atoms with van der Waals surface area (Å²) in [5.74, 6) is -1.84. The zero-order chi connectivity index (χ0) is 12.4. The van der Waals surface area contributed by atoms with E-state index in [0.717, 1.165) is 6.07 Å². The van der Waals surface area contributed by atoms with Gasteiger partial charge in [-0.3, -0.25) is 0 Å². The molecule has 0 aliphatic heterocycles. The number of halogens is 2. The normalized spacial score (nSPS) is 10.3. The Hall–Kier alpha value is -1.95. The molecule has 0 spiro atoms. The molecule has 0 saturated heterocycles. The van der Waals surface area contributed by atoms with Crippen molar-refractivity contribution in [3.63, 3.8) is 0 Å². The maximum Gasteiger partial charge on any atom is 0.396 e. The molecule has 0 aliphatic rings. The first-order valence-corrected chi connectivity index (χ1v) is 4.87. The van der Waals surface area contributed by atoms with E-state index in [1.807, 2.05) is 0 Å². The average Bonchev–Trinajstić information content (AvgIpc) is 2.77. The van der Waals surface area contributed by atoms with Crippen LogP contribution in [-0.2, 0) is 4.74 Å². The first kappa shape index (κ1) is 11.5. The Balaban J connectivity index is 2.40. The van der Waals surface area contributed by atoms with Crippen molar-refractivity contribution in [2.45, 2.75) is 0 Å². The highest BCUT2D eigenvalue weighted by atomic mass is 35.5. The van der Waals surface area contributed by atoms with Gasteiger partial charge in [-0.25, -0.2) is 9.18 Å². The van der Waals surface area contributed by atoms with Gasteiger partial charge in [0.1, 0.15) is 5.82 Å². The van der Waals surface area contributed by atoms with Crippen molar-refractivity contribution < 1.29 is 18.3 Å². The third-order valence-corrected chi connectivity index (χ3v) is 2.18. The largest absolute Gasteiger partial charge is 0.462 e. The number of ether oxygens (including phenoxy) is 1. The van der Waals surface area contributed by atoms with Crippen molar-refractivity contribution in [2.24, 2.45) is 0 Å². The quantitative estimate of drug-likeness (QED) is 0.772. The second-order valence-corrected chi connectivity index (χ2v) is 3.46. The lowest BCUT2D eigenvalue weighted by Crippen LogP contribution is -2.00. The fraction of sp³-hybridized carbons (Fsp3) is 0.100. The lowest BCUT2D eigenvalue weighted by atomic mass is 10.2. The van der Waals surface area contributed by atoms with Gasteiger partial charge < -0.3 is 9.15 Å². The standard InChI is InChI=1S/C10H6ClFN2O3/c1-16-10(15)9-14-13-8(17-9)6-3-2-5(11)4-7(6)12/h2-4H,1H3. The van der Waals surface area contributed by atoms with E-state index in [9.17, 15) is 9.18 Å². The molecular weight excluding hydrogens is 251 g/mol. The zero-order valence-corrected chi connectivity index (χ0v) is 9.36. The summed E-state index contributed by atoms with van der Waals surface area (Å²) in [6, 6.07) is 3.97. The molecule has 7 heteroatoms. The van der Waals surface area contributed by atoms with Crippen LogP contribution in [-0.4, -0.2) is 23.3 Å². The van der Waals surface area contributed by atoms with E-state index in [4.69, 9.17) is 16.0 Å². The van der Waals surface area contributed by atoms with Crippen LogP contribution in [0.1, 0.15) is 10.7 Å². The van der Waals surface area contributed by atoms with E-state index in [2.05, 4.69) is 14.9 Å². The van der Waals surface area contributed by atoms with Crippen LogP contribution in [0.15, 0.2) is 22.6 Å². The van der Waals surface area contributed by atoms with Crippen molar-refractivity contribution >= 4 is 17.6 Å². The minimum atomic E-state index is -0.780. The van der Waals surface area contributed by atoms with Crippen molar-refractivity contribution in [1.29, 1.82) is 0 Å². The second-order valence-electron chi connectivity index (χ2n) is 3.03. The van der Waals surface area contributed by atoms with E-state index in [0.29, 0.717) is 0 Å². The lowest BCUT2D eigenvalue weighted by Gasteiger charge is -1.97. The fourth-order valence-corrected chi connectivity index (χ4v) is 1.32. The molecule has 0 amide bonds. The molecule has 1 aromatic carbocycles. The number of benzene rings is 1. The third-order valence-electron chi connectivity index (χ3n) is 1.95. The molecule has 0 atom stereocenters. The number of hydrogen-bond acceptors (Lipinski definition) is 5. The SMILES string of the molecule is COC(=O)c1nnc(-c2ccc(Cl)cc2F)o1. The van der Waals surface area contributed by atoms with Crippen LogP contribution < -0.4 is 0 Å². The second kappa shape index (κ2) is 4.50. The Morgan fingerprint density at radius 2 is 2.24 bits per heavy atom. The van der Waals surface area contributed by atoms with Gasteiger partial charge in [0.2, 0.25) is 0 Å². The molecule has 0 unspecified atom stereocenters. The molecule has 88 valence electrons. The topological polar surface area (TPSA) is 65.2 Å². The molecule has 2 aromatic rings. The zero-order valence-electron chi connectivity index (χ0n) is 8.61. The molecule has 0 saturated carbocycles. The van der Waals surface area contributed by atoms with Gasteiger partial charge in [0.25, 0.3) is 5.89 Å². The highest BCUT2D eigenvalue weighted by Crippen LogP contribution is 2.24. The minimum Gasteiger partial charge on any atom is -0.462 e. The molecule has 5 nitrogen and oxygen atoms in total. The summed E-state index contributed by atoms with van der Waals surface area (Å²) in [5, 5.41) is 7.23. The van der Waals surface area contributed by atoms with E-state index in [1.54, 1.807) is 0 Å². The van der Waals surface area contributed by atoms with Crippen LogP contribution in [0.2, 0.25) is 5.02 Å². The summed E-state index contributed by atoms with van der Waals surface area (Å²) in [6.07, 6.45) is 0. The summed E-state index contributed by atoms with van der Waals surface area (Å²) >= 11 is 5.60.